The van der Waals surface area contributed by atoms with Crippen LogP contribution in [0.3, 0.4) is 0 Å². The van der Waals surface area contributed by atoms with Crippen molar-refractivity contribution in [2.45, 2.75) is 25.9 Å². The number of rotatable bonds is 7. The highest BCUT2D eigenvalue weighted by Crippen LogP contribution is 2.36. The van der Waals surface area contributed by atoms with E-state index in [1.54, 1.807) is 6.07 Å². The van der Waals surface area contributed by atoms with E-state index in [-0.39, 0.29) is 4.47 Å². The maximum Gasteiger partial charge on any atom is 0.417 e. The van der Waals surface area contributed by atoms with Gasteiger partial charge in [-0.25, -0.2) is 0 Å². The Morgan fingerprint density at radius 1 is 1.26 bits per heavy atom. The van der Waals surface area contributed by atoms with Crippen molar-refractivity contribution >= 4 is 21.6 Å². The lowest BCUT2D eigenvalue weighted by Gasteiger charge is -2.12. The van der Waals surface area contributed by atoms with Gasteiger partial charge in [-0.15, -0.1) is 0 Å². The molecule has 0 aromatic heterocycles. The van der Waals surface area contributed by atoms with Crippen molar-refractivity contribution < 1.29 is 17.9 Å². The molecule has 19 heavy (non-hydrogen) atoms. The number of benzene rings is 1. The number of unbranched alkanes of at least 4 members (excludes halogenated alkanes) is 1. The van der Waals surface area contributed by atoms with Gasteiger partial charge < -0.3 is 10.1 Å². The fourth-order valence-electron chi connectivity index (χ4n) is 1.47. The van der Waals surface area contributed by atoms with Gasteiger partial charge in [-0.05, 0) is 24.6 Å². The molecule has 6 heteroatoms. The predicted octanol–water partition coefficient (Wildman–Crippen LogP) is 4.70. The van der Waals surface area contributed by atoms with E-state index >= 15 is 0 Å². The minimum atomic E-state index is -4.35. The second-order valence-corrected chi connectivity index (χ2v) is 4.94. The summed E-state index contributed by atoms with van der Waals surface area (Å²) in [5, 5.41) is 2.92. The van der Waals surface area contributed by atoms with Crippen molar-refractivity contribution in [2.75, 3.05) is 25.1 Å². The standard InChI is InChI=1S/C13H17BrF3NO/c1-2-3-7-19-8-6-18-10-4-5-12(14)11(9-10)13(15,16)17/h4-5,9,18H,2-3,6-8H2,1H3. The summed E-state index contributed by atoms with van der Waals surface area (Å²) in [6, 6.07) is 4.09. The molecular formula is C13H17BrF3NO. The van der Waals surface area contributed by atoms with Crippen molar-refractivity contribution in [3.8, 4) is 0 Å². The van der Waals surface area contributed by atoms with Crippen LogP contribution in [-0.4, -0.2) is 19.8 Å². The van der Waals surface area contributed by atoms with Crippen molar-refractivity contribution in [3.05, 3.63) is 28.2 Å². The van der Waals surface area contributed by atoms with Gasteiger partial charge in [0.1, 0.15) is 0 Å². The van der Waals surface area contributed by atoms with Crippen molar-refractivity contribution in [2.24, 2.45) is 0 Å². The molecule has 0 amide bonds. The predicted molar refractivity (Wildman–Crippen MR) is 73.4 cm³/mol. The highest BCUT2D eigenvalue weighted by Gasteiger charge is 2.33. The lowest BCUT2D eigenvalue weighted by molar-refractivity contribution is -0.138. The van der Waals surface area contributed by atoms with Gasteiger partial charge in [0, 0.05) is 23.3 Å². The third-order valence-electron chi connectivity index (χ3n) is 2.49. The van der Waals surface area contributed by atoms with Crippen LogP contribution in [0, 0.1) is 0 Å². The van der Waals surface area contributed by atoms with Crippen LogP contribution in [0.1, 0.15) is 25.3 Å². The van der Waals surface area contributed by atoms with Gasteiger partial charge in [0.25, 0.3) is 0 Å². The van der Waals surface area contributed by atoms with Crippen LogP contribution < -0.4 is 5.32 Å². The first-order valence-electron chi connectivity index (χ1n) is 6.13. The summed E-state index contributed by atoms with van der Waals surface area (Å²) in [5.74, 6) is 0. The summed E-state index contributed by atoms with van der Waals surface area (Å²) in [7, 11) is 0. The van der Waals surface area contributed by atoms with E-state index in [0.717, 1.165) is 18.9 Å². The number of alkyl halides is 3. The minimum absolute atomic E-state index is 0.0461. The van der Waals surface area contributed by atoms with Gasteiger partial charge in [-0.2, -0.15) is 13.2 Å². The topological polar surface area (TPSA) is 21.3 Å². The molecule has 108 valence electrons. The SMILES string of the molecule is CCCCOCCNc1ccc(Br)c(C(F)(F)F)c1. The normalized spacial score (nSPS) is 11.6. The van der Waals surface area contributed by atoms with Gasteiger partial charge in [-0.1, -0.05) is 29.3 Å². The van der Waals surface area contributed by atoms with Crippen LogP contribution in [0.2, 0.25) is 0 Å². The molecule has 0 fully saturated rings. The number of anilines is 1. The molecule has 2 nitrogen and oxygen atoms in total. The summed E-state index contributed by atoms with van der Waals surface area (Å²) >= 11 is 2.90. The van der Waals surface area contributed by atoms with Crippen LogP contribution in [0.4, 0.5) is 18.9 Å². The summed E-state index contributed by atoms with van der Waals surface area (Å²) in [5.41, 5.74) is -0.237. The summed E-state index contributed by atoms with van der Waals surface area (Å²) < 4.78 is 43.4. The van der Waals surface area contributed by atoms with Gasteiger partial charge in [-0.3, -0.25) is 0 Å². The minimum Gasteiger partial charge on any atom is -0.383 e. The lowest BCUT2D eigenvalue weighted by atomic mass is 10.2. The fraction of sp³-hybridized carbons (Fsp3) is 0.538. The van der Waals surface area contributed by atoms with Gasteiger partial charge in [0.15, 0.2) is 0 Å². The Morgan fingerprint density at radius 2 is 2.00 bits per heavy atom. The quantitative estimate of drug-likeness (QED) is 0.727. The number of hydrogen-bond acceptors (Lipinski definition) is 2. The van der Waals surface area contributed by atoms with Gasteiger partial charge >= 0.3 is 6.18 Å². The molecule has 0 atom stereocenters. The second kappa shape index (κ2) is 7.75. The first kappa shape index (κ1) is 16.3. The number of halogens is 4. The molecular weight excluding hydrogens is 323 g/mol. The molecule has 1 aromatic rings. The third-order valence-corrected chi connectivity index (χ3v) is 3.18. The monoisotopic (exact) mass is 339 g/mol. The van der Waals surface area contributed by atoms with Crippen LogP contribution in [0.5, 0.6) is 0 Å². The maximum atomic E-state index is 12.7. The molecule has 0 radical (unpaired) electrons. The number of ether oxygens (including phenoxy) is 1. The molecule has 0 aliphatic rings. The molecule has 0 saturated carbocycles. The van der Waals surface area contributed by atoms with E-state index in [0.29, 0.717) is 25.4 Å². The van der Waals surface area contributed by atoms with Crippen molar-refractivity contribution in [1.29, 1.82) is 0 Å². The Morgan fingerprint density at radius 3 is 2.63 bits per heavy atom. The van der Waals surface area contributed by atoms with Gasteiger partial charge in [0.2, 0.25) is 0 Å². The fourth-order valence-corrected chi connectivity index (χ4v) is 1.94. The van der Waals surface area contributed by atoms with E-state index in [2.05, 4.69) is 28.2 Å². The average Bonchev–Trinajstić information content (AvgIpc) is 2.34. The van der Waals surface area contributed by atoms with E-state index in [1.165, 1.54) is 6.07 Å². The largest absolute Gasteiger partial charge is 0.417 e. The van der Waals surface area contributed by atoms with Gasteiger partial charge in [0.05, 0.1) is 12.2 Å². The zero-order valence-corrected chi connectivity index (χ0v) is 12.3. The lowest BCUT2D eigenvalue weighted by Crippen LogP contribution is -2.11. The first-order chi connectivity index (χ1) is 8.95. The van der Waals surface area contributed by atoms with Crippen LogP contribution in [0.25, 0.3) is 0 Å². The smallest absolute Gasteiger partial charge is 0.383 e. The first-order valence-corrected chi connectivity index (χ1v) is 6.92. The van der Waals surface area contributed by atoms with E-state index < -0.39 is 11.7 Å². The highest BCUT2D eigenvalue weighted by atomic mass is 79.9. The van der Waals surface area contributed by atoms with Crippen LogP contribution >= 0.6 is 15.9 Å². The maximum absolute atomic E-state index is 12.7. The number of nitrogens with one attached hydrogen (secondary N) is 1. The van der Waals surface area contributed by atoms with E-state index in [9.17, 15) is 13.2 Å². The summed E-state index contributed by atoms with van der Waals surface area (Å²) in [6.07, 6.45) is -2.29. The summed E-state index contributed by atoms with van der Waals surface area (Å²) in [4.78, 5) is 0. The second-order valence-electron chi connectivity index (χ2n) is 4.09. The molecule has 1 N–H and O–H groups in total. The molecule has 0 bridgehead atoms. The summed E-state index contributed by atoms with van der Waals surface area (Å²) in [6.45, 7) is 3.73. The Labute approximate surface area is 119 Å². The number of hydrogen-bond donors (Lipinski definition) is 1. The molecule has 0 spiro atoms. The molecule has 0 aliphatic carbocycles. The van der Waals surface area contributed by atoms with Crippen LogP contribution in [0.15, 0.2) is 22.7 Å². The zero-order valence-electron chi connectivity index (χ0n) is 10.7. The molecule has 0 aliphatic heterocycles. The average molecular weight is 340 g/mol. The molecule has 1 aromatic carbocycles. The third kappa shape index (κ3) is 5.82. The Hall–Kier alpha value is -0.750. The Kier molecular flexibility index (Phi) is 6.65. The molecule has 0 heterocycles. The molecule has 0 unspecified atom stereocenters. The van der Waals surface area contributed by atoms with E-state index in [4.69, 9.17) is 4.74 Å². The molecule has 1 rings (SSSR count). The highest BCUT2D eigenvalue weighted by molar-refractivity contribution is 9.10. The van der Waals surface area contributed by atoms with Crippen LogP contribution in [-0.2, 0) is 10.9 Å². The van der Waals surface area contributed by atoms with Crippen molar-refractivity contribution in [1.82, 2.24) is 0 Å². The van der Waals surface area contributed by atoms with E-state index in [1.807, 2.05) is 0 Å². The molecule has 0 saturated heterocycles. The Bertz CT molecular complexity index is 396. The Balaban J connectivity index is 2.47. The zero-order chi connectivity index (χ0) is 14.3. The van der Waals surface area contributed by atoms with Crippen molar-refractivity contribution in [3.63, 3.8) is 0 Å².